The number of aromatic nitrogens is 3. The van der Waals surface area contributed by atoms with Gasteiger partial charge in [0.05, 0.1) is 0 Å². The van der Waals surface area contributed by atoms with Crippen LogP contribution in [0.25, 0.3) is 10.3 Å². The number of hydrogen-bond donors (Lipinski definition) is 1. The molecule has 0 spiro atoms. The fourth-order valence-electron chi connectivity index (χ4n) is 3.82. The Morgan fingerprint density at radius 2 is 2.10 bits per heavy atom. The van der Waals surface area contributed by atoms with Crippen LogP contribution in [-0.4, -0.2) is 26.6 Å². The van der Waals surface area contributed by atoms with Gasteiger partial charge >= 0.3 is 0 Å². The molecule has 3 aromatic rings. The normalized spacial score (nSPS) is 15.0. The van der Waals surface area contributed by atoms with Crippen LogP contribution >= 0.6 is 23.6 Å². The van der Waals surface area contributed by atoms with Gasteiger partial charge in [-0.05, 0) is 30.6 Å². The molecule has 4 rings (SSSR count). The predicted molar refractivity (Wildman–Crippen MR) is 118 cm³/mol. The summed E-state index contributed by atoms with van der Waals surface area (Å²) in [5, 5.41) is 3.02. The molecule has 1 aliphatic rings. The highest BCUT2D eigenvalue weighted by molar-refractivity contribution is 7.73. The first-order valence-corrected chi connectivity index (χ1v) is 10.8. The second-order valence-corrected chi connectivity index (χ2v) is 9.02. The molecule has 0 unspecified atom stereocenters. The maximum absolute atomic E-state index is 12.8. The summed E-state index contributed by atoms with van der Waals surface area (Å²) < 4.78 is 4.15. The van der Waals surface area contributed by atoms with Crippen molar-refractivity contribution in [2.45, 2.75) is 37.8 Å². The van der Waals surface area contributed by atoms with E-state index in [1.807, 2.05) is 18.2 Å². The highest BCUT2D eigenvalue weighted by Crippen LogP contribution is 2.43. The maximum atomic E-state index is 12.8. The second kappa shape index (κ2) is 8.04. The molecule has 29 heavy (non-hydrogen) atoms. The third-order valence-electron chi connectivity index (χ3n) is 5.59. The van der Waals surface area contributed by atoms with E-state index < -0.39 is 0 Å². The Bertz CT molecular complexity index is 1170. The number of carbonyl (C=O) groups excluding carboxylic acids is 1. The Balaban J connectivity index is 1.49. The smallest absolute Gasteiger partial charge is 0.273 e. The monoisotopic (exact) mass is 426 g/mol. The summed E-state index contributed by atoms with van der Waals surface area (Å²) in [5.41, 5.74) is 1.56. The van der Waals surface area contributed by atoms with Crippen molar-refractivity contribution in [2.24, 2.45) is 0 Å². The van der Waals surface area contributed by atoms with Crippen LogP contribution in [0.4, 0.5) is 0 Å². The van der Waals surface area contributed by atoms with Crippen LogP contribution < -0.4 is 10.9 Å². The molecule has 2 heterocycles. The molecular formula is C21H22N4O2S2. The largest absolute Gasteiger partial charge is 0.354 e. The van der Waals surface area contributed by atoms with Crippen molar-refractivity contribution >= 4 is 39.8 Å². The van der Waals surface area contributed by atoms with E-state index in [4.69, 9.17) is 12.2 Å². The molecule has 0 atom stereocenters. The number of rotatable bonds is 7. The van der Waals surface area contributed by atoms with E-state index >= 15 is 0 Å². The van der Waals surface area contributed by atoms with Crippen molar-refractivity contribution in [3.63, 3.8) is 0 Å². The Morgan fingerprint density at radius 1 is 1.34 bits per heavy atom. The van der Waals surface area contributed by atoms with Crippen molar-refractivity contribution in [3.8, 4) is 0 Å². The van der Waals surface area contributed by atoms with Gasteiger partial charge in [-0.25, -0.2) is 4.98 Å². The summed E-state index contributed by atoms with van der Waals surface area (Å²) in [6.07, 6.45) is 6.42. The van der Waals surface area contributed by atoms with E-state index in [1.54, 1.807) is 10.6 Å². The van der Waals surface area contributed by atoms with E-state index in [0.717, 1.165) is 19.3 Å². The quantitative estimate of drug-likeness (QED) is 0.464. The third kappa shape index (κ3) is 3.70. The van der Waals surface area contributed by atoms with Gasteiger partial charge in [-0.2, -0.15) is 0 Å². The summed E-state index contributed by atoms with van der Waals surface area (Å²) in [6, 6.07) is 10.3. The molecular weight excluding hydrogens is 404 g/mol. The molecule has 1 fully saturated rings. The Labute approximate surface area is 177 Å². The molecule has 8 heteroatoms. The number of allylic oxidation sites excluding steroid dienone is 1. The molecule has 1 saturated carbocycles. The van der Waals surface area contributed by atoms with Crippen LogP contribution in [0.1, 0.15) is 24.8 Å². The van der Waals surface area contributed by atoms with Crippen LogP contribution in [0.15, 0.2) is 54.1 Å². The Kier molecular flexibility index (Phi) is 5.47. The number of carbonyl (C=O) groups is 1. The number of nitrogens with one attached hydrogen (secondary N) is 1. The zero-order chi connectivity index (χ0) is 20.4. The van der Waals surface area contributed by atoms with E-state index in [1.165, 1.54) is 27.8 Å². The van der Waals surface area contributed by atoms with Gasteiger partial charge in [0.2, 0.25) is 5.91 Å². The van der Waals surface area contributed by atoms with Crippen LogP contribution in [-0.2, 0) is 23.3 Å². The lowest BCUT2D eigenvalue weighted by molar-refractivity contribution is -0.122. The first-order valence-electron chi connectivity index (χ1n) is 9.56. The fourth-order valence-corrected chi connectivity index (χ4v) is 5.13. The van der Waals surface area contributed by atoms with Crippen LogP contribution in [0.3, 0.4) is 0 Å². The highest BCUT2D eigenvalue weighted by Gasteiger charge is 2.38. The molecule has 1 N–H and O–H groups in total. The number of benzene rings is 1. The molecule has 2 aromatic heterocycles. The lowest BCUT2D eigenvalue weighted by Gasteiger charge is -2.42. The molecule has 6 nitrogen and oxygen atoms in total. The predicted octanol–water partition coefficient (Wildman–Crippen LogP) is 3.41. The fraction of sp³-hybridized carbons (Fsp3) is 0.333. The van der Waals surface area contributed by atoms with Crippen LogP contribution in [0, 0.1) is 3.95 Å². The van der Waals surface area contributed by atoms with Gasteiger partial charge in [-0.1, -0.05) is 54.2 Å². The Hall–Kier alpha value is -2.58. The highest BCUT2D eigenvalue weighted by atomic mass is 32.1. The first-order chi connectivity index (χ1) is 14.0. The summed E-state index contributed by atoms with van der Waals surface area (Å²) in [5.74, 6) is -0.190. The summed E-state index contributed by atoms with van der Waals surface area (Å²) in [4.78, 5) is 29.7. The van der Waals surface area contributed by atoms with E-state index in [-0.39, 0.29) is 23.4 Å². The lowest BCUT2D eigenvalue weighted by Crippen LogP contribution is -2.46. The Morgan fingerprint density at radius 3 is 2.76 bits per heavy atom. The molecule has 0 saturated heterocycles. The number of thiazole rings is 1. The standard InChI is InChI=1S/C21H22N4O2S2/c1-2-11-25-18-17(29-20(25)28)19(27)24(14-23-18)12-16(26)22-13-21(9-6-10-21)15-7-4-3-5-8-15/h2-5,7-8,14H,1,6,9-13H2,(H,22,26). The number of hydrogen-bond acceptors (Lipinski definition) is 5. The minimum Gasteiger partial charge on any atom is -0.354 e. The molecule has 150 valence electrons. The summed E-state index contributed by atoms with van der Waals surface area (Å²) in [6.45, 7) is 4.73. The van der Waals surface area contributed by atoms with Gasteiger partial charge in [-0.3, -0.25) is 14.2 Å². The minimum absolute atomic E-state index is 0.00525. The van der Waals surface area contributed by atoms with Gasteiger partial charge < -0.3 is 9.88 Å². The average molecular weight is 427 g/mol. The molecule has 1 amide bonds. The van der Waals surface area contributed by atoms with Crippen molar-refractivity contribution in [3.05, 3.63) is 69.2 Å². The lowest BCUT2D eigenvalue weighted by atomic mass is 9.64. The van der Waals surface area contributed by atoms with Crippen molar-refractivity contribution in [1.29, 1.82) is 0 Å². The van der Waals surface area contributed by atoms with Crippen LogP contribution in [0.2, 0.25) is 0 Å². The summed E-state index contributed by atoms with van der Waals surface area (Å²) >= 11 is 6.54. The first kappa shape index (κ1) is 19.7. The van der Waals surface area contributed by atoms with Gasteiger partial charge in [0.25, 0.3) is 5.56 Å². The van der Waals surface area contributed by atoms with E-state index in [2.05, 4.69) is 29.0 Å². The van der Waals surface area contributed by atoms with Gasteiger partial charge in [-0.15, -0.1) is 6.58 Å². The van der Waals surface area contributed by atoms with Crippen LogP contribution in [0.5, 0.6) is 0 Å². The second-order valence-electron chi connectivity index (χ2n) is 7.37. The topological polar surface area (TPSA) is 68.9 Å². The number of fused-ring (bicyclic) bond motifs is 1. The number of nitrogens with zero attached hydrogens (tertiary/aromatic N) is 3. The number of amides is 1. The molecule has 0 radical (unpaired) electrons. The van der Waals surface area contributed by atoms with Gasteiger partial charge in [0.1, 0.15) is 17.6 Å². The van der Waals surface area contributed by atoms with Crippen molar-refractivity contribution in [1.82, 2.24) is 19.4 Å². The van der Waals surface area contributed by atoms with Gasteiger partial charge in [0, 0.05) is 18.5 Å². The zero-order valence-corrected chi connectivity index (χ0v) is 17.6. The summed E-state index contributed by atoms with van der Waals surface area (Å²) in [7, 11) is 0. The SMILES string of the molecule is C=CCn1c(=S)sc2c(=O)n(CC(=O)NCC3(c4ccccc4)CCC3)cnc21. The maximum Gasteiger partial charge on any atom is 0.273 e. The molecule has 0 aliphatic heterocycles. The third-order valence-corrected chi connectivity index (χ3v) is 7.02. The van der Waals surface area contributed by atoms with Crippen molar-refractivity contribution in [2.75, 3.05) is 6.54 Å². The zero-order valence-electron chi connectivity index (χ0n) is 16.0. The minimum atomic E-state index is -0.245. The molecule has 0 bridgehead atoms. The van der Waals surface area contributed by atoms with E-state index in [9.17, 15) is 9.59 Å². The van der Waals surface area contributed by atoms with Gasteiger partial charge in [0.15, 0.2) is 9.60 Å². The average Bonchev–Trinajstić information content (AvgIpc) is 3.01. The molecule has 1 aromatic carbocycles. The van der Waals surface area contributed by atoms with Crippen molar-refractivity contribution < 1.29 is 4.79 Å². The molecule has 1 aliphatic carbocycles. The van der Waals surface area contributed by atoms with E-state index in [0.29, 0.717) is 27.4 Å².